The average Bonchev–Trinajstić information content (AvgIpc) is 2.37. The second kappa shape index (κ2) is 7.14. The quantitative estimate of drug-likeness (QED) is 0.801. The van der Waals surface area contributed by atoms with E-state index >= 15 is 0 Å². The number of benzene rings is 1. The minimum Gasteiger partial charge on any atom is -0.480 e. The Labute approximate surface area is 116 Å². The van der Waals surface area contributed by atoms with Crippen LogP contribution in [-0.2, 0) is 11.3 Å². The van der Waals surface area contributed by atoms with E-state index < -0.39 is 23.9 Å². The highest BCUT2D eigenvalue weighted by Gasteiger charge is 2.20. The summed E-state index contributed by atoms with van der Waals surface area (Å²) in [6, 6.07) is 4.09. The Morgan fingerprint density at radius 2 is 2.25 bits per heavy atom. The molecular formula is C14H15FN2O3. The van der Waals surface area contributed by atoms with Gasteiger partial charge in [0.2, 0.25) is 0 Å². The predicted octanol–water partition coefficient (Wildman–Crippen LogP) is 1.44. The van der Waals surface area contributed by atoms with Crippen molar-refractivity contribution < 1.29 is 19.1 Å². The van der Waals surface area contributed by atoms with Crippen LogP contribution in [0.25, 0.3) is 0 Å². The van der Waals surface area contributed by atoms with Crippen LogP contribution < -0.4 is 5.32 Å². The molecule has 1 rings (SSSR count). The van der Waals surface area contributed by atoms with E-state index in [1.807, 2.05) is 0 Å². The number of hydrogen-bond donors (Lipinski definition) is 2. The molecule has 20 heavy (non-hydrogen) atoms. The lowest BCUT2D eigenvalue weighted by atomic mass is 10.2. The van der Waals surface area contributed by atoms with Crippen LogP contribution in [0.15, 0.2) is 24.3 Å². The first-order chi connectivity index (χ1) is 9.43. The summed E-state index contributed by atoms with van der Waals surface area (Å²) in [7, 11) is 1.48. The molecule has 0 fully saturated rings. The SMILES string of the molecule is C#CCC(NC(=O)N(C)Cc1cccc(F)c1)C(=O)O. The summed E-state index contributed by atoms with van der Waals surface area (Å²) in [5.74, 6) is 0.592. The third kappa shape index (κ3) is 4.61. The number of nitrogens with zero attached hydrogens (tertiary/aromatic N) is 1. The number of rotatable bonds is 5. The summed E-state index contributed by atoms with van der Waals surface area (Å²) in [4.78, 5) is 23.9. The summed E-state index contributed by atoms with van der Waals surface area (Å²) < 4.78 is 13.0. The number of terminal acetylenes is 1. The Bertz CT molecular complexity index is 539. The van der Waals surface area contributed by atoms with Crippen LogP contribution in [0, 0.1) is 18.2 Å². The molecule has 1 atom stereocenters. The van der Waals surface area contributed by atoms with Crippen LogP contribution in [0.1, 0.15) is 12.0 Å². The van der Waals surface area contributed by atoms with Crippen LogP contribution >= 0.6 is 0 Å². The Kier molecular flexibility index (Phi) is 5.54. The van der Waals surface area contributed by atoms with E-state index in [1.54, 1.807) is 6.07 Å². The van der Waals surface area contributed by atoms with E-state index in [-0.39, 0.29) is 13.0 Å². The van der Waals surface area contributed by atoms with Gasteiger partial charge < -0.3 is 15.3 Å². The van der Waals surface area contributed by atoms with Crippen molar-refractivity contribution in [2.75, 3.05) is 7.05 Å². The van der Waals surface area contributed by atoms with Gasteiger partial charge in [-0.25, -0.2) is 14.0 Å². The number of urea groups is 1. The summed E-state index contributed by atoms with van der Waals surface area (Å²) in [5.41, 5.74) is 0.603. The molecule has 5 nitrogen and oxygen atoms in total. The zero-order chi connectivity index (χ0) is 15.1. The van der Waals surface area contributed by atoms with Gasteiger partial charge in [0, 0.05) is 20.0 Å². The van der Waals surface area contributed by atoms with Gasteiger partial charge in [-0.05, 0) is 17.7 Å². The van der Waals surface area contributed by atoms with E-state index in [0.29, 0.717) is 5.56 Å². The molecule has 0 bridgehead atoms. The molecule has 0 saturated heterocycles. The molecule has 1 aromatic carbocycles. The third-order valence-electron chi connectivity index (χ3n) is 2.57. The van der Waals surface area contributed by atoms with Gasteiger partial charge in [-0.1, -0.05) is 12.1 Å². The predicted molar refractivity (Wildman–Crippen MR) is 71.3 cm³/mol. The summed E-state index contributed by atoms with van der Waals surface area (Å²) in [6.45, 7) is 0.159. The maximum absolute atomic E-state index is 13.0. The molecule has 0 aliphatic rings. The minimum atomic E-state index is -1.20. The molecule has 0 aliphatic heterocycles. The fraction of sp³-hybridized carbons (Fsp3) is 0.286. The maximum Gasteiger partial charge on any atom is 0.327 e. The van der Waals surface area contributed by atoms with Crippen molar-refractivity contribution in [1.29, 1.82) is 0 Å². The van der Waals surface area contributed by atoms with Gasteiger partial charge in [-0.15, -0.1) is 12.3 Å². The van der Waals surface area contributed by atoms with Crippen molar-refractivity contribution >= 4 is 12.0 Å². The number of carbonyl (C=O) groups excluding carboxylic acids is 1. The fourth-order valence-electron chi connectivity index (χ4n) is 1.56. The van der Waals surface area contributed by atoms with Crippen molar-refractivity contribution in [3.8, 4) is 12.3 Å². The molecule has 6 heteroatoms. The van der Waals surface area contributed by atoms with Gasteiger partial charge in [-0.2, -0.15) is 0 Å². The maximum atomic E-state index is 13.0. The van der Waals surface area contributed by atoms with E-state index in [0.717, 1.165) is 0 Å². The Hall–Kier alpha value is -2.55. The number of carboxylic acids is 1. The highest BCUT2D eigenvalue weighted by molar-refractivity contribution is 5.82. The van der Waals surface area contributed by atoms with Crippen LogP contribution in [0.3, 0.4) is 0 Å². The monoisotopic (exact) mass is 278 g/mol. The van der Waals surface area contributed by atoms with Crippen molar-refractivity contribution in [2.24, 2.45) is 0 Å². The fourth-order valence-corrected chi connectivity index (χ4v) is 1.56. The van der Waals surface area contributed by atoms with E-state index in [4.69, 9.17) is 11.5 Å². The van der Waals surface area contributed by atoms with Crippen LogP contribution in [0.4, 0.5) is 9.18 Å². The average molecular weight is 278 g/mol. The number of nitrogens with one attached hydrogen (secondary N) is 1. The molecule has 0 radical (unpaired) electrons. The second-order valence-electron chi connectivity index (χ2n) is 4.23. The standard InChI is InChI=1S/C14H15FN2O3/c1-3-5-12(13(18)19)16-14(20)17(2)9-10-6-4-7-11(15)8-10/h1,4,6-8,12H,5,9H2,2H3,(H,16,20)(H,18,19). The normalized spacial score (nSPS) is 11.2. The molecule has 106 valence electrons. The first kappa shape index (κ1) is 15.5. The summed E-state index contributed by atoms with van der Waals surface area (Å²) >= 11 is 0. The van der Waals surface area contributed by atoms with Crippen LogP contribution in [0.2, 0.25) is 0 Å². The second-order valence-corrected chi connectivity index (χ2v) is 4.23. The van der Waals surface area contributed by atoms with Crippen molar-refractivity contribution in [3.63, 3.8) is 0 Å². The molecule has 0 aliphatic carbocycles. The zero-order valence-corrected chi connectivity index (χ0v) is 11.0. The number of halogens is 1. The van der Waals surface area contributed by atoms with Gasteiger partial charge in [0.25, 0.3) is 0 Å². The molecule has 0 saturated carbocycles. The minimum absolute atomic E-state index is 0.102. The Morgan fingerprint density at radius 1 is 1.55 bits per heavy atom. The molecule has 2 N–H and O–H groups in total. The molecule has 2 amide bonds. The lowest BCUT2D eigenvalue weighted by Gasteiger charge is -2.20. The van der Waals surface area contributed by atoms with Crippen molar-refractivity contribution in [1.82, 2.24) is 10.2 Å². The lowest BCUT2D eigenvalue weighted by molar-refractivity contribution is -0.139. The smallest absolute Gasteiger partial charge is 0.327 e. The molecule has 1 unspecified atom stereocenters. The highest BCUT2D eigenvalue weighted by atomic mass is 19.1. The molecule has 0 heterocycles. The number of hydrogen-bond acceptors (Lipinski definition) is 2. The largest absolute Gasteiger partial charge is 0.480 e. The van der Waals surface area contributed by atoms with Crippen molar-refractivity contribution in [3.05, 3.63) is 35.6 Å². The molecular weight excluding hydrogens is 263 g/mol. The number of carboxylic acid groups (broad SMARTS) is 1. The number of carbonyl (C=O) groups is 2. The number of aliphatic carboxylic acids is 1. The summed E-state index contributed by atoms with van der Waals surface area (Å²) in [6.07, 6.45) is 4.94. The van der Waals surface area contributed by atoms with E-state index in [2.05, 4.69) is 11.2 Å². The topological polar surface area (TPSA) is 69.6 Å². The highest BCUT2D eigenvalue weighted by Crippen LogP contribution is 2.06. The van der Waals surface area contributed by atoms with Gasteiger partial charge >= 0.3 is 12.0 Å². The Morgan fingerprint density at radius 3 is 2.80 bits per heavy atom. The Balaban J connectivity index is 2.63. The number of amides is 2. The van der Waals surface area contributed by atoms with E-state index in [1.165, 1.54) is 30.1 Å². The zero-order valence-electron chi connectivity index (χ0n) is 11.0. The van der Waals surface area contributed by atoms with Gasteiger partial charge in [-0.3, -0.25) is 0 Å². The first-order valence-electron chi connectivity index (χ1n) is 5.86. The molecule has 0 aromatic heterocycles. The van der Waals surface area contributed by atoms with Crippen LogP contribution in [-0.4, -0.2) is 35.1 Å². The lowest BCUT2D eigenvalue weighted by Crippen LogP contribution is -2.46. The third-order valence-corrected chi connectivity index (χ3v) is 2.57. The van der Waals surface area contributed by atoms with E-state index in [9.17, 15) is 14.0 Å². The van der Waals surface area contributed by atoms with Gasteiger partial charge in [0.1, 0.15) is 11.9 Å². The van der Waals surface area contributed by atoms with Gasteiger partial charge in [0.15, 0.2) is 0 Å². The first-order valence-corrected chi connectivity index (χ1v) is 5.86. The molecule has 1 aromatic rings. The van der Waals surface area contributed by atoms with Crippen LogP contribution in [0.5, 0.6) is 0 Å². The molecule has 0 spiro atoms. The summed E-state index contributed by atoms with van der Waals surface area (Å²) in [5, 5.41) is 11.2. The van der Waals surface area contributed by atoms with Gasteiger partial charge in [0.05, 0.1) is 0 Å². The van der Waals surface area contributed by atoms with Crippen molar-refractivity contribution in [2.45, 2.75) is 19.0 Å².